The summed E-state index contributed by atoms with van der Waals surface area (Å²) in [6.45, 7) is -0.172. The number of carbonyl (C=O) groups is 1. The van der Waals surface area contributed by atoms with Crippen LogP contribution in [0.15, 0.2) is 17.3 Å². The number of thioether (sulfide) groups is 1. The Hall–Kier alpha value is -2.28. The van der Waals surface area contributed by atoms with Crippen LogP contribution >= 0.6 is 35.0 Å². The number of amides is 1. The Kier molecular flexibility index (Phi) is 6.64. The molecule has 0 bridgehead atoms. The van der Waals surface area contributed by atoms with Gasteiger partial charge in [0.05, 0.1) is 10.0 Å². The SMILES string of the molecule is N#CCOc1cc(-c2nc(N)nc(SCCC(N)=O)n2)c(Cl)cc1Cl. The van der Waals surface area contributed by atoms with E-state index in [1.807, 2.05) is 6.07 Å². The van der Waals surface area contributed by atoms with Crippen LogP contribution in [-0.2, 0) is 4.79 Å². The summed E-state index contributed by atoms with van der Waals surface area (Å²) in [7, 11) is 0. The number of nitriles is 1. The maximum absolute atomic E-state index is 10.8. The summed E-state index contributed by atoms with van der Waals surface area (Å²) in [6.07, 6.45) is 0.180. The van der Waals surface area contributed by atoms with Gasteiger partial charge >= 0.3 is 0 Å². The van der Waals surface area contributed by atoms with E-state index in [2.05, 4.69) is 15.0 Å². The lowest BCUT2D eigenvalue weighted by molar-refractivity contribution is -0.117. The molecule has 4 N–H and O–H groups in total. The maximum Gasteiger partial charge on any atom is 0.224 e. The van der Waals surface area contributed by atoms with Crippen LogP contribution in [0.5, 0.6) is 5.75 Å². The van der Waals surface area contributed by atoms with Crippen LogP contribution in [0.1, 0.15) is 6.42 Å². The van der Waals surface area contributed by atoms with Gasteiger partial charge in [-0.15, -0.1) is 0 Å². The molecule has 2 rings (SSSR count). The van der Waals surface area contributed by atoms with E-state index in [-0.39, 0.29) is 40.6 Å². The molecule has 2 aromatic rings. The number of ether oxygens (including phenoxy) is 1. The van der Waals surface area contributed by atoms with Crippen molar-refractivity contribution in [2.75, 3.05) is 18.1 Å². The third-order valence-corrected chi connectivity index (χ3v) is 4.22. The number of halogens is 2. The summed E-state index contributed by atoms with van der Waals surface area (Å²) in [6, 6.07) is 4.84. The summed E-state index contributed by atoms with van der Waals surface area (Å²) in [5, 5.41) is 9.49. The number of nitrogens with zero attached hydrogens (tertiary/aromatic N) is 4. The predicted octanol–water partition coefficient (Wildman–Crippen LogP) is 2.30. The van der Waals surface area contributed by atoms with Gasteiger partial charge in [-0.3, -0.25) is 4.79 Å². The molecule has 130 valence electrons. The second-order valence-corrected chi connectivity index (χ2v) is 6.45. The van der Waals surface area contributed by atoms with E-state index in [0.717, 1.165) is 0 Å². The molecule has 0 fully saturated rings. The van der Waals surface area contributed by atoms with Crippen molar-refractivity contribution in [2.24, 2.45) is 5.73 Å². The van der Waals surface area contributed by atoms with Crippen LogP contribution in [0.2, 0.25) is 10.0 Å². The van der Waals surface area contributed by atoms with Crippen molar-refractivity contribution in [3.05, 3.63) is 22.2 Å². The third-order valence-electron chi connectivity index (χ3n) is 2.77. The van der Waals surface area contributed by atoms with Gasteiger partial charge < -0.3 is 16.2 Å². The van der Waals surface area contributed by atoms with Crippen molar-refractivity contribution >= 4 is 46.8 Å². The Bertz CT molecular complexity index is 843. The van der Waals surface area contributed by atoms with Gasteiger partial charge in [0.25, 0.3) is 0 Å². The lowest BCUT2D eigenvalue weighted by atomic mass is 10.2. The van der Waals surface area contributed by atoms with E-state index in [0.29, 0.717) is 16.5 Å². The number of nitrogens with two attached hydrogens (primary N) is 2. The van der Waals surface area contributed by atoms with Crippen molar-refractivity contribution in [1.82, 2.24) is 15.0 Å². The normalized spacial score (nSPS) is 10.3. The Morgan fingerprint density at radius 1 is 1.28 bits per heavy atom. The zero-order chi connectivity index (χ0) is 18.4. The molecule has 0 aliphatic rings. The topological polar surface area (TPSA) is 141 Å². The van der Waals surface area contributed by atoms with E-state index in [9.17, 15) is 4.79 Å². The summed E-state index contributed by atoms with van der Waals surface area (Å²) in [5.41, 5.74) is 11.2. The third kappa shape index (κ3) is 5.35. The number of benzene rings is 1. The second kappa shape index (κ2) is 8.71. The van der Waals surface area contributed by atoms with Gasteiger partial charge in [-0.1, -0.05) is 35.0 Å². The molecule has 25 heavy (non-hydrogen) atoms. The molecular weight excluding hydrogens is 387 g/mol. The molecular formula is C14H12Cl2N6O2S. The largest absolute Gasteiger partial charge is 0.477 e. The van der Waals surface area contributed by atoms with E-state index in [1.54, 1.807) is 0 Å². The number of anilines is 1. The minimum Gasteiger partial charge on any atom is -0.477 e. The molecule has 1 amide bonds. The van der Waals surface area contributed by atoms with Gasteiger partial charge in [0.1, 0.15) is 11.8 Å². The van der Waals surface area contributed by atoms with Crippen LogP contribution in [0.25, 0.3) is 11.4 Å². The number of nitrogen functional groups attached to an aromatic ring is 1. The number of hydrogen-bond acceptors (Lipinski definition) is 8. The molecule has 0 aliphatic heterocycles. The highest BCUT2D eigenvalue weighted by Gasteiger charge is 2.15. The van der Waals surface area contributed by atoms with E-state index < -0.39 is 5.91 Å². The highest BCUT2D eigenvalue weighted by atomic mass is 35.5. The first-order valence-electron chi connectivity index (χ1n) is 6.82. The van der Waals surface area contributed by atoms with Crippen molar-refractivity contribution in [2.45, 2.75) is 11.6 Å². The van der Waals surface area contributed by atoms with Crippen LogP contribution < -0.4 is 16.2 Å². The van der Waals surface area contributed by atoms with Gasteiger partial charge in [0.2, 0.25) is 11.9 Å². The smallest absolute Gasteiger partial charge is 0.224 e. The molecule has 0 aliphatic carbocycles. The van der Waals surface area contributed by atoms with Crippen LogP contribution in [0.4, 0.5) is 5.95 Å². The second-order valence-electron chi connectivity index (χ2n) is 4.57. The molecule has 11 heteroatoms. The monoisotopic (exact) mass is 398 g/mol. The summed E-state index contributed by atoms with van der Waals surface area (Å²) < 4.78 is 5.24. The fraction of sp³-hybridized carbons (Fsp3) is 0.214. The summed E-state index contributed by atoms with van der Waals surface area (Å²) in [5.74, 6) is 0.470. The molecule has 0 saturated carbocycles. The minimum atomic E-state index is -0.421. The quantitative estimate of drug-likeness (QED) is 0.676. The fourth-order valence-corrected chi connectivity index (χ4v) is 3.04. The number of primary amides is 1. The lowest BCUT2D eigenvalue weighted by Crippen LogP contribution is -2.11. The number of carbonyl (C=O) groups excluding carboxylic acids is 1. The van der Waals surface area contributed by atoms with E-state index >= 15 is 0 Å². The zero-order valence-electron chi connectivity index (χ0n) is 12.7. The van der Waals surface area contributed by atoms with Gasteiger partial charge in [-0.25, -0.2) is 4.98 Å². The first-order chi connectivity index (χ1) is 11.9. The van der Waals surface area contributed by atoms with Gasteiger partial charge in [0.15, 0.2) is 17.6 Å². The van der Waals surface area contributed by atoms with Crippen LogP contribution in [0.3, 0.4) is 0 Å². The molecule has 1 heterocycles. The van der Waals surface area contributed by atoms with Crippen molar-refractivity contribution in [1.29, 1.82) is 5.26 Å². The molecule has 0 saturated heterocycles. The highest BCUT2D eigenvalue weighted by molar-refractivity contribution is 7.99. The van der Waals surface area contributed by atoms with Crippen molar-refractivity contribution in [3.8, 4) is 23.2 Å². The molecule has 8 nitrogen and oxygen atoms in total. The molecule has 0 spiro atoms. The number of rotatable bonds is 7. The molecule has 0 atom stereocenters. The average Bonchev–Trinajstić information content (AvgIpc) is 2.53. The lowest BCUT2D eigenvalue weighted by Gasteiger charge is -2.10. The molecule has 1 aromatic heterocycles. The van der Waals surface area contributed by atoms with E-state index in [4.69, 9.17) is 44.7 Å². The zero-order valence-corrected chi connectivity index (χ0v) is 15.0. The minimum absolute atomic E-state index is 0.00270. The molecule has 1 aromatic carbocycles. The number of aromatic nitrogens is 3. The first kappa shape index (κ1) is 19.1. The first-order valence-corrected chi connectivity index (χ1v) is 8.56. The fourth-order valence-electron chi connectivity index (χ4n) is 1.72. The standard InChI is InChI=1S/C14H12Cl2N6O2S/c15-8-6-9(16)10(24-3-2-17)5-7(8)12-20-13(19)22-14(21-12)25-4-1-11(18)23/h5-6H,1,3-4H2,(H2,18,23)(H2,19,20,21,22). The van der Waals surface area contributed by atoms with Crippen LogP contribution in [0, 0.1) is 11.3 Å². The van der Waals surface area contributed by atoms with Gasteiger partial charge in [-0.05, 0) is 12.1 Å². The Balaban J connectivity index is 2.35. The molecule has 0 unspecified atom stereocenters. The average molecular weight is 399 g/mol. The van der Waals surface area contributed by atoms with Crippen molar-refractivity contribution in [3.63, 3.8) is 0 Å². The van der Waals surface area contributed by atoms with E-state index in [1.165, 1.54) is 23.9 Å². The Morgan fingerprint density at radius 3 is 2.72 bits per heavy atom. The van der Waals surface area contributed by atoms with Gasteiger partial charge in [0, 0.05) is 17.7 Å². The summed E-state index contributed by atoms with van der Waals surface area (Å²) in [4.78, 5) is 23.1. The van der Waals surface area contributed by atoms with Crippen molar-refractivity contribution < 1.29 is 9.53 Å². The highest BCUT2D eigenvalue weighted by Crippen LogP contribution is 2.36. The number of hydrogen-bond donors (Lipinski definition) is 2. The molecule has 0 radical (unpaired) electrons. The predicted molar refractivity (Wildman–Crippen MR) is 95.3 cm³/mol. The van der Waals surface area contributed by atoms with Crippen LogP contribution in [-0.4, -0.2) is 33.2 Å². The Morgan fingerprint density at radius 2 is 2.04 bits per heavy atom. The maximum atomic E-state index is 10.8. The Labute approximate surface area is 157 Å². The van der Waals surface area contributed by atoms with Gasteiger partial charge in [-0.2, -0.15) is 15.2 Å². The summed E-state index contributed by atoms with van der Waals surface area (Å²) >= 11 is 13.5.